The summed E-state index contributed by atoms with van der Waals surface area (Å²) in [4.78, 5) is 12.2. The zero-order chi connectivity index (χ0) is 16.2. The first-order chi connectivity index (χ1) is 11.1. The van der Waals surface area contributed by atoms with Crippen molar-refractivity contribution in [2.75, 3.05) is 0 Å². The lowest BCUT2D eigenvalue weighted by Crippen LogP contribution is -2.26. The van der Waals surface area contributed by atoms with Gasteiger partial charge in [-0.15, -0.1) is 10.2 Å². The van der Waals surface area contributed by atoms with Gasteiger partial charge in [-0.1, -0.05) is 30.3 Å². The Morgan fingerprint density at radius 1 is 1.09 bits per heavy atom. The summed E-state index contributed by atoms with van der Waals surface area (Å²) < 4.78 is 18.3. The molecule has 0 radical (unpaired) electrons. The van der Waals surface area contributed by atoms with Crippen molar-refractivity contribution in [1.82, 2.24) is 15.5 Å². The van der Waals surface area contributed by atoms with Crippen LogP contribution in [-0.4, -0.2) is 16.1 Å². The lowest BCUT2D eigenvalue weighted by Gasteiger charge is -2.12. The number of nitrogens with one attached hydrogen (secondary N) is 1. The van der Waals surface area contributed by atoms with Gasteiger partial charge in [-0.25, -0.2) is 4.39 Å². The zero-order valence-electron chi connectivity index (χ0n) is 12.4. The maximum atomic E-state index is 12.9. The molecule has 1 aromatic heterocycles. The second-order valence-electron chi connectivity index (χ2n) is 5.03. The first-order valence-corrected chi connectivity index (χ1v) is 7.09. The molecule has 0 aliphatic carbocycles. The van der Waals surface area contributed by atoms with Crippen LogP contribution in [0, 0.1) is 5.82 Å². The Morgan fingerprint density at radius 2 is 1.78 bits per heavy atom. The van der Waals surface area contributed by atoms with Crippen LogP contribution in [0.25, 0.3) is 11.5 Å². The minimum atomic E-state index is -0.456. The highest BCUT2D eigenvalue weighted by Gasteiger charge is 2.18. The molecule has 23 heavy (non-hydrogen) atoms. The fourth-order valence-electron chi connectivity index (χ4n) is 2.11. The third kappa shape index (κ3) is 3.42. The highest BCUT2D eigenvalue weighted by Crippen LogP contribution is 2.18. The second-order valence-corrected chi connectivity index (χ2v) is 5.03. The van der Waals surface area contributed by atoms with Gasteiger partial charge in [0.05, 0.1) is 6.04 Å². The first-order valence-electron chi connectivity index (χ1n) is 7.09. The standard InChI is InChI=1S/C17H14FN3O2/c1-11(12-5-3-2-4-6-12)19-15(22)17-21-20-16(23-17)13-7-9-14(18)10-8-13/h2-11H,1H3,(H,19,22)/t11-/m1/s1. The van der Waals surface area contributed by atoms with E-state index < -0.39 is 5.91 Å². The Morgan fingerprint density at radius 3 is 2.48 bits per heavy atom. The maximum Gasteiger partial charge on any atom is 0.309 e. The number of hydrogen-bond donors (Lipinski definition) is 1. The smallest absolute Gasteiger partial charge is 0.309 e. The predicted molar refractivity (Wildman–Crippen MR) is 82.0 cm³/mol. The van der Waals surface area contributed by atoms with Gasteiger partial charge in [-0.3, -0.25) is 4.79 Å². The summed E-state index contributed by atoms with van der Waals surface area (Å²) in [5, 5.41) is 10.3. The lowest BCUT2D eigenvalue weighted by molar-refractivity contribution is 0.0905. The van der Waals surface area contributed by atoms with Crippen LogP contribution in [0.3, 0.4) is 0 Å². The molecule has 1 N–H and O–H groups in total. The van der Waals surface area contributed by atoms with Crippen molar-refractivity contribution in [1.29, 1.82) is 0 Å². The van der Waals surface area contributed by atoms with Gasteiger partial charge in [0, 0.05) is 5.56 Å². The summed E-state index contributed by atoms with van der Waals surface area (Å²) in [5.41, 5.74) is 1.52. The molecule has 116 valence electrons. The van der Waals surface area contributed by atoms with E-state index in [4.69, 9.17) is 4.42 Å². The van der Waals surface area contributed by atoms with E-state index in [0.29, 0.717) is 5.56 Å². The van der Waals surface area contributed by atoms with Gasteiger partial charge in [-0.2, -0.15) is 0 Å². The van der Waals surface area contributed by atoms with Crippen molar-refractivity contribution in [2.24, 2.45) is 0 Å². The molecule has 0 saturated carbocycles. The molecule has 5 nitrogen and oxygen atoms in total. The number of hydrogen-bond acceptors (Lipinski definition) is 4. The Bertz CT molecular complexity index is 800. The quantitative estimate of drug-likeness (QED) is 0.802. The zero-order valence-corrected chi connectivity index (χ0v) is 12.4. The third-order valence-electron chi connectivity index (χ3n) is 3.36. The molecule has 0 spiro atoms. The van der Waals surface area contributed by atoms with E-state index in [1.54, 1.807) is 0 Å². The fourth-order valence-corrected chi connectivity index (χ4v) is 2.11. The SMILES string of the molecule is C[C@@H](NC(=O)c1nnc(-c2ccc(F)cc2)o1)c1ccccc1. The van der Waals surface area contributed by atoms with Gasteiger partial charge in [0.25, 0.3) is 0 Å². The molecule has 0 aliphatic heterocycles. The van der Waals surface area contributed by atoms with Crippen LogP contribution in [0.15, 0.2) is 59.0 Å². The molecule has 3 aromatic rings. The molecule has 0 saturated heterocycles. The van der Waals surface area contributed by atoms with E-state index in [1.807, 2.05) is 37.3 Å². The number of halogens is 1. The monoisotopic (exact) mass is 311 g/mol. The van der Waals surface area contributed by atoms with E-state index in [0.717, 1.165) is 5.56 Å². The van der Waals surface area contributed by atoms with E-state index >= 15 is 0 Å². The maximum absolute atomic E-state index is 12.9. The van der Waals surface area contributed by atoms with Crippen LogP contribution < -0.4 is 5.32 Å². The minimum absolute atomic E-state index is 0.132. The minimum Gasteiger partial charge on any atom is -0.412 e. The van der Waals surface area contributed by atoms with Gasteiger partial charge in [0.2, 0.25) is 5.89 Å². The Balaban J connectivity index is 1.72. The van der Waals surface area contributed by atoms with Crippen molar-refractivity contribution in [3.8, 4) is 11.5 Å². The molecule has 0 aliphatic rings. The number of carbonyl (C=O) groups excluding carboxylic acids is 1. The summed E-state index contributed by atoms with van der Waals surface area (Å²) in [6, 6.07) is 15.0. The average molecular weight is 311 g/mol. The van der Waals surface area contributed by atoms with Gasteiger partial charge in [0.1, 0.15) is 5.82 Å². The predicted octanol–water partition coefficient (Wildman–Crippen LogP) is 3.37. The number of aromatic nitrogens is 2. The Hall–Kier alpha value is -3.02. The van der Waals surface area contributed by atoms with Crippen molar-refractivity contribution in [3.63, 3.8) is 0 Å². The summed E-state index contributed by atoms with van der Waals surface area (Å²) in [6.07, 6.45) is 0. The fraction of sp³-hybridized carbons (Fsp3) is 0.118. The summed E-state index contributed by atoms with van der Waals surface area (Å²) in [6.45, 7) is 1.87. The van der Waals surface area contributed by atoms with Crippen molar-refractivity contribution in [2.45, 2.75) is 13.0 Å². The van der Waals surface area contributed by atoms with Crippen molar-refractivity contribution < 1.29 is 13.6 Å². The summed E-state index contributed by atoms with van der Waals surface area (Å²) in [5.74, 6) is -0.778. The molecule has 0 unspecified atom stereocenters. The van der Waals surface area contributed by atoms with Crippen LogP contribution >= 0.6 is 0 Å². The first kappa shape index (κ1) is 14.9. The van der Waals surface area contributed by atoms with Gasteiger partial charge in [0.15, 0.2) is 0 Å². The van der Waals surface area contributed by atoms with Crippen LogP contribution in [0.4, 0.5) is 4.39 Å². The molecule has 1 atom stereocenters. The molecular weight excluding hydrogens is 297 g/mol. The topological polar surface area (TPSA) is 68.0 Å². The van der Waals surface area contributed by atoms with E-state index in [2.05, 4.69) is 15.5 Å². The Kier molecular flexibility index (Phi) is 4.14. The van der Waals surface area contributed by atoms with Gasteiger partial charge >= 0.3 is 11.8 Å². The highest BCUT2D eigenvalue weighted by atomic mass is 19.1. The van der Waals surface area contributed by atoms with E-state index in [-0.39, 0.29) is 23.6 Å². The average Bonchev–Trinajstić information content (AvgIpc) is 3.06. The van der Waals surface area contributed by atoms with Crippen molar-refractivity contribution >= 4 is 5.91 Å². The summed E-state index contributed by atoms with van der Waals surface area (Å²) in [7, 11) is 0. The van der Waals surface area contributed by atoms with E-state index in [9.17, 15) is 9.18 Å². The Labute approximate surface area is 132 Å². The van der Waals surface area contributed by atoms with E-state index in [1.165, 1.54) is 24.3 Å². The van der Waals surface area contributed by atoms with Crippen molar-refractivity contribution in [3.05, 3.63) is 71.9 Å². The number of rotatable bonds is 4. The van der Waals surface area contributed by atoms with Crippen LogP contribution in [-0.2, 0) is 0 Å². The van der Waals surface area contributed by atoms with Crippen LogP contribution in [0.1, 0.15) is 29.2 Å². The highest BCUT2D eigenvalue weighted by molar-refractivity contribution is 5.90. The molecule has 0 fully saturated rings. The second kappa shape index (κ2) is 6.39. The normalized spacial score (nSPS) is 11.9. The lowest BCUT2D eigenvalue weighted by atomic mass is 10.1. The molecule has 2 aromatic carbocycles. The number of carbonyl (C=O) groups is 1. The number of amides is 1. The largest absolute Gasteiger partial charge is 0.412 e. The number of benzene rings is 2. The van der Waals surface area contributed by atoms with Crippen LogP contribution in [0.2, 0.25) is 0 Å². The van der Waals surface area contributed by atoms with Gasteiger partial charge < -0.3 is 9.73 Å². The molecule has 3 rings (SSSR count). The molecule has 0 bridgehead atoms. The molecule has 6 heteroatoms. The molecule has 1 amide bonds. The molecule has 1 heterocycles. The molecular formula is C17H14FN3O2. The third-order valence-corrected chi connectivity index (χ3v) is 3.36. The van der Waals surface area contributed by atoms with Crippen LogP contribution in [0.5, 0.6) is 0 Å². The summed E-state index contributed by atoms with van der Waals surface area (Å²) >= 11 is 0. The van der Waals surface area contributed by atoms with Gasteiger partial charge in [-0.05, 0) is 36.8 Å². The number of nitrogens with zero attached hydrogens (tertiary/aromatic N) is 2.